The fraction of sp³-hybridized carbons (Fsp3) is 0.700. The zero-order valence-electron chi connectivity index (χ0n) is 10.0. The van der Waals surface area contributed by atoms with Gasteiger partial charge in [0.15, 0.2) is 0 Å². The molecule has 0 saturated carbocycles. The number of carbonyl (C=O) groups is 1. The molecule has 0 fully saturated rings. The lowest BCUT2D eigenvalue weighted by Crippen LogP contribution is -2.05. The highest BCUT2D eigenvalue weighted by molar-refractivity contribution is 7.58. The van der Waals surface area contributed by atoms with Crippen LogP contribution in [0.4, 0.5) is 0 Å². The van der Waals surface area contributed by atoms with Crippen molar-refractivity contribution in [2.75, 3.05) is 13.2 Å². The van der Waals surface area contributed by atoms with Crippen molar-refractivity contribution in [2.45, 2.75) is 33.6 Å². The van der Waals surface area contributed by atoms with E-state index in [1.165, 1.54) is 6.92 Å². The van der Waals surface area contributed by atoms with Crippen LogP contribution in [-0.2, 0) is 23.1 Å². The molecule has 0 atom stereocenters. The van der Waals surface area contributed by atoms with E-state index >= 15 is 0 Å². The summed E-state index contributed by atoms with van der Waals surface area (Å²) in [4.78, 5) is 10.7. The maximum atomic E-state index is 12.1. The van der Waals surface area contributed by atoms with Crippen LogP contribution in [0, 0.1) is 0 Å². The molecule has 0 aliphatic heterocycles. The lowest BCUT2D eigenvalue weighted by atomic mass is 10.5. The van der Waals surface area contributed by atoms with Gasteiger partial charge in [0, 0.05) is 6.92 Å². The van der Waals surface area contributed by atoms with Crippen molar-refractivity contribution in [3.8, 4) is 0 Å². The molecule has 0 aromatic heterocycles. The fourth-order valence-corrected chi connectivity index (χ4v) is 2.27. The minimum Gasteiger partial charge on any atom is -0.419 e. The van der Waals surface area contributed by atoms with Crippen molar-refractivity contribution >= 4 is 13.6 Å². The fourth-order valence-electron chi connectivity index (χ4n) is 0.826. The Hall–Kier alpha value is -0.640. The van der Waals surface area contributed by atoms with Crippen molar-refractivity contribution in [1.82, 2.24) is 0 Å². The topological polar surface area (TPSA) is 61.8 Å². The van der Waals surface area contributed by atoms with Gasteiger partial charge < -0.3 is 13.8 Å². The Morgan fingerprint density at radius 3 is 1.94 bits per heavy atom. The summed E-state index contributed by atoms with van der Waals surface area (Å²) in [6.45, 7) is 8.90. The molecule has 0 aliphatic carbocycles. The van der Waals surface area contributed by atoms with Crippen molar-refractivity contribution in [1.29, 1.82) is 0 Å². The van der Waals surface area contributed by atoms with Gasteiger partial charge in [0.25, 0.3) is 0 Å². The van der Waals surface area contributed by atoms with Crippen molar-refractivity contribution in [2.24, 2.45) is 0 Å². The Bertz CT molecular complexity index is 275. The SMILES string of the molecule is C=C(OC(C)=O)P(=O)(OCCC)OCCC. The Morgan fingerprint density at radius 2 is 1.62 bits per heavy atom. The van der Waals surface area contributed by atoms with Crippen molar-refractivity contribution in [3.63, 3.8) is 0 Å². The molecule has 0 rings (SSSR count). The molecule has 6 heteroatoms. The van der Waals surface area contributed by atoms with Crippen LogP contribution >= 0.6 is 7.60 Å². The van der Waals surface area contributed by atoms with Gasteiger partial charge in [-0.2, -0.15) is 0 Å². The third-order valence-electron chi connectivity index (χ3n) is 1.50. The smallest absolute Gasteiger partial charge is 0.395 e. The van der Waals surface area contributed by atoms with Gasteiger partial charge in [-0.25, -0.2) is 0 Å². The summed E-state index contributed by atoms with van der Waals surface area (Å²) in [7, 11) is -3.53. The summed E-state index contributed by atoms with van der Waals surface area (Å²) in [5.74, 6) is -0.592. The number of esters is 1. The number of hydrogen-bond donors (Lipinski definition) is 0. The maximum absolute atomic E-state index is 12.1. The lowest BCUT2D eigenvalue weighted by molar-refractivity contribution is -0.136. The molecule has 0 unspecified atom stereocenters. The Morgan fingerprint density at radius 1 is 1.19 bits per heavy atom. The third-order valence-corrected chi connectivity index (χ3v) is 3.24. The van der Waals surface area contributed by atoms with Crippen LogP contribution in [0.25, 0.3) is 0 Å². The molecule has 0 amide bonds. The molecule has 0 aromatic rings. The van der Waals surface area contributed by atoms with Crippen LogP contribution < -0.4 is 0 Å². The minimum atomic E-state index is -3.53. The molecule has 0 bridgehead atoms. The van der Waals surface area contributed by atoms with E-state index in [1.54, 1.807) is 0 Å². The van der Waals surface area contributed by atoms with Crippen LogP contribution in [0.5, 0.6) is 0 Å². The molecule has 0 N–H and O–H groups in total. The van der Waals surface area contributed by atoms with E-state index in [0.717, 1.165) is 0 Å². The monoisotopic (exact) mass is 250 g/mol. The van der Waals surface area contributed by atoms with E-state index in [9.17, 15) is 9.36 Å². The Kier molecular flexibility index (Phi) is 7.30. The van der Waals surface area contributed by atoms with Gasteiger partial charge in [0.1, 0.15) is 0 Å². The number of hydrogen-bond acceptors (Lipinski definition) is 5. The summed E-state index contributed by atoms with van der Waals surface area (Å²) in [6.07, 6.45) is 1.37. The molecule has 94 valence electrons. The summed E-state index contributed by atoms with van der Waals surface area (Å²) in [6, 6.07) is 0. The maximum Gasteiger partial charge on any atom is 0.395 e. The van der Waals surface area contributed by atoms with Crippen LogP contribution in [0.1, 0.15) is 33.6 Å². The molecule has 0 spiro atoms. The van der Waals surface area contributed by atoms with Gasteiger partial charge in [0.2, 0.25) is 5.50 Å². The molecular weight excluding hydrogens is 231 g/mol. The standard InChI is InChI=1S/C10H19O5P/c1-5-7-13-16(12,14-8-6-2)10(4)15-9(3)11/h4-8H2,1-3H3. The molecule has 0 aromatic carbocycles. The van der Waals surface area contributed by atoms with Crippen LogP contribution in [-0.4, -0.2) is 19.2 Å². The van der Waals surface area contributed by atoms with Gasteiger partial charge in [0.05, 0.1) is 13.2 Å². The third kappa shape index (κ3) is 5.45. The van der Waals surface area contributed by atoms with E-state index < -0.39 is 13.6 Å². The highest BCUT2D eigenvalue weighted by Crippen LogP contribution is 2.55. The van der Waals surface area contributed by atoms with Crippen LogP contribution in [0.2, 0.25) is 0 Å². The molecule has 0 heterocycles. The highest BCUT2D eigenvalue weighted by atomic mass is 31.2. The molecule has 0 saturated heterocycles. The first-order valence-corrected chi connectivity index (χ1v) is 6.77. The number of rotatable bonds is 8. The highest BCUT2D eigenvalue weighted by Gasteiger charge is 2.31. The number of ether oxygens (including phenoxy) is 1. The first kappa shape index (κ1) is 15.4. The quantitative estimate of drug-likeness (QED) is 0.376. The molecule has 0 radical (unpaired) electrons. The van der Waals surface area contributed by atoms with E-state index in [-0.39, 0.29) is 18.7 Å². The second kappa shape index (κ2) is 7.60. The van der Waals surface area contributed by atoms with Gasteiger partial charge in [-0.15, -0.1) is 0 Å². The van der Waals surface area contributed by atoms with Crippen molar-refractivity contribution < 1.29 is 23.1 Å². The second-order valence-corrected chi connectivity index (χ2v) is 5.16. The average molecular weight is 250 g/mol. The molecule has 16 heavy (non-hydrogen) atoms. The second-order valence-electron chi connectivity index (χ2n) is 3.15. The Labute approximate surface area is 96.3 Å². The zero-order valence-corrected chi connectivity index (χ0v) is 10.9. The molecule has 5 nitrogen and oxygen atoms in total. The van der Waals surface area contributed by atoms with Crippen LogP contribution in [0.15, 0.2) is 12.1 Å². The van der Waals surface area contributed by atoms with Gasteiger partial charge in [-0.05, 0) is 19.4 Å². The number of carbonyl (C=O) groups excluding carboxylic acids is 1. The predicted octanol–water partition coefficient (Wildman–Crippen LogP) is 3.07. The first-order chi connectivity index (χ1) is 7.46. The summed E-state index contributed by atoms with van der Waals surface area (Å²) in [5, 5.41) is 0. The first-order valence-electron chi connectivity index (χ1n) is 5.23. The van der Waals surface area contributed by atoms with E-state index in [0.29, 0.717) is 12.8 Å². The van der Waals surface area contributed by atoms with Crippen LogP contribution in [0.3, 0.4) is 0 Å². The van der Waals surface area contributed by atoms with Gasteiger partial charge >= 0.3 is 13.6 Å². The van der Waals surface area contributed by atoms with Crippen molar-refractivity contribution in [3.05, 3.63) is 12.1 Å². The normalized spacial score (nSPS) is 11.2. The van der Waals surface area contributed by atoms with E-state index in [4.69, 9.17) is 9.05 Å². The van der Waals surface area contributed by atoms with E-state index in [2.05, 4.69) is 11.3 Å². The summed E-state index contributed by atoms with van der Waals surface area (Å²) >= 11 is 0. The molecule has 0 aliphatic rings. The van der Waals surface area contributed by atoms with Gasteiger partial charge in [-0.3, -0.25) is 9.36 Å². The summed E-state index contributed by atoms with van der Waals surface area (Å²) < 4.78 is 27.0. The largest absolute Gasteiger partial charge is 0.419 e. The predicted molar refractivity (Wildman–Crippen MR) is 61.0 cm³/mol. The van der Waals surface area contributed by atoms with Gasteiger partial charge in [-0.1, -0.05) is 13.8 Å². The average Bonchev–Trinajstić information content (AvgIpc) is 2.22. The lowest BCUT2D eigenvalue weighted by Gasteiger charge is -2.18. The minimum absolute atomic E-state index is 0.248. The van der Waals surface area contributed by atoms with E-state index in [1.807, 2.05) is 13.8 Å². The Balaban J connectivity index is 4.56. The molecular formula is C10H19O5P. The zero-order chi connectivity index (χ0) is 12.6. The summed E-state index contributed by atoms with van der Waals surface area (Å²) in [5.41, 5.74) is -0.248.